The molecular weight excluding hydrogens is 128 g/mol. The summed E-state index contributed by atoms with van der Waals surface area (Å²) in [5.41, 5.74) is 5.32. The van der Waals surface area contributed by atoms with Gasteiger partial charge in [0.1, 0.15) is 6.33 Å². The van der Waals surface area contributed by atoms with E-state index < -0.39 is 0 Å². The van der Waals surface area contributed by atoms with Crippen molar-refractivity contribution in [1.29, 1.82) is 0 Å². The van der Waals surface area contributed by atoms with Gasteiger partial charge in [0.25, 0.3) is 0 Å². The Hall–Kier alpha value is -0.900. The number of aromatic nitrogens is 3. The SMILES string of the molecule is CC(C)n1cnc(CN)n1. The second-order valence-electron chi connectivity index (χ2n) is 2.44. The Morgan fingerprint density at radius 3 is 2.70 bits per heavy atom. The molecule has 1 heterocycles. The van der Waals surface area contributed by atoms with Gasteiger partial charge in [-0.25, -0.2) is 4.98 Å². The summed E-state index contributed by atoms with van der Waals surface area (Å²) in [5, 5.41) is 4.11. The van der Waals surface area contributed by atoms with E-state index in [4.69, 9.17) is 5.73 Å². The van der Waals surface area contributed by atoms with Crippen molar-refractivity contribution in [2.75, 3.05) is 0 Å². The van der Waals surface area contributed by atoms with Crippen LogP contribution in [0.5, 0.6) is 0 Å². The van der Waals surface area contributed by atoms with Crippen molar-refractivity contribution in [3.05, 3.63) is 12.2 Å². The standard InChI is InChI=1S/C6H12N4/c1-5(2)10-4-8-6(3-7)9-10/h4-5H,3,7H2,1-2H3. The van der Waals surface area contributed by atoms with Crippen LogP contribution in [0.15, 0.2) is 6.33 Å². The van der Waals surface area contributed by atoms with Gasteiger partial charge in [-0.3, -0.25) is 4.68 Å². The van der Waals surface area contributed by atoms with Crippen LogP contribution in [0.3, 0.4) is 0 Å². The first-order valence-corrected chi connectivity index (χ1v) is 3.34. The van der Waals surface area contributed by atoms with Crippen LogP contribution in [0.25, 0.3) is 0 Å². The fourth-order valence-electron chi connectivity index (χ4n) is 0.653. The Morgan fingerprint density at radius 2 is 2.40 bits per heavy atom. The molecular formula is C6H12N4. The van der Waals surface area contributed by atoms with Crippen LogP contribution in [-0.4, -0.2) is 14.8 Å². The average molecular weight is 140 g/mol. The van der Waals surface area contributed by atoms with E-state index in [9.17, 15) is 0 Å². The molecule has 0 saturated carbocycles. The second kappa shape index (κ2) is 2.79. The molecule has 0 saturated heterocycles. The Labute approximate surface area is 60.1 Å². The highest BCUT2D eigenvalue weighted by molar-refractivity contribution is 4.80. The van der Waals surface area contributed by atoms with E-state index in [0.29, 0.717) is 18.4 Å². The molecule has 0 radical (unpaired) electrons. The lowest BCUT2D eigenvalue weighted by atomic mass is 10.4. The van der Waals surface area contributed by atoms with Gasteiger partial charge in [-0.15, -0.1) is 0 Å². The van der Waals surface area contributed by atoms with E-state index in [1.165, 1.54) is 0 Å². The highest BCUT2D eigenvalue weighted by Crippen LogP contribution is 1.99. The summed E-state index contributed by atoms with van der Waals surface area (Å²) in [6.45, 7) is 4.52. The topological polar surface area (TPSA) is 56.7 Å². The van der Waals surface area contributed by atoms with Crippen molar-refractivity contribution in [2.45, 2.75) is 26.4 Å². The van der Waals surface area contributed by atoms with Gasteiger partial charge in [-0.2, -0.15) is 5.10 Å². The van der Waals surface area contributed by atoms with Crippen molar-refractivity contribution in [2.24, 2.45) is 5.73 Å². The van der Waals surface area contributed by atoms with Gasteiger partial charge < -0.3 is 5.73 Å². The lowest BCUT2D eigenvalue weighted by Crippen LogP contribution is -2.04. The summed E-state index contributed by atoms with van der Waals surface area (Å²) < 4.78 is 1.79. The molecule has 0 aliphatic carbocycles. The molecule has 0 amide bonds. The highest BCUT2D eigenvalue weighted by atomic mass is 15.3. The molecule has 0 aliphatic rings. The van der Waals surface area contributed by atoms with Crippen molar-refractivity contribution in [3.63, 3.8) is 0 Å². The summed E-state index contributed by atoms with van der Waals surface area (Å²) in [7, 11) is 0. The Morgan fingerprint density at radius 1 is 1.70 bits per heavy atom. The third kappa shape index (κ3) is 1.33. The maximum Gasteiger partial charge on any atom is 0.164 e. The normalized spacial score (nSPS) is 10.8. The molecule has 0 aromatic carbocycles. The molecule has 56 valence electrons. The molecule has 0 aliphatic heterocycles. The summed E-state index contributed by atoms with van der Waals surface area (Å²) in [4.78, 5) is 3.98. The minimum absolute atomic E-state index is 0.368. The summed E-state index contributed by atoms with van der Waals surface area (Å²) >= 11 is 0. The first-order valence-electron chi connectivity index (χ1n) is 3.34. The monoisotopic (exact) mass is 140 g/mol. The number of hydrogen-bond acceptors (Lipinski definition) is 3. The van der Waals surface area contributed by atoms with Crippen LogP contribution < -0.4 is 5.73 Å². The van der Waals surface area contributed by atoms with Gasteiger partial charge in [-0.1, -0.05) is 0 Å². The third-order valence-corrected chi connectivity index (χ3v) is 1.27. The largest absolute Gasteiger partial charge is 0.324 e. The van der Waals surface area contributed by atoms with Crippen LogP contribution in [-0.2, 0) is 6.54 Å². The van der Waals surface area contributed by atoms with Crippen molar-refractivity contribution in [3.8, 4) is 0 Å². The molecule has 0 spiro atoms. The van der Waals surface area contributed by atoms with Crippen LogP contribution in [0.1, 0.15) is 25.7 Å². The van der Waals surface area contributed by atoms with Crippen molar-refractivity contribution >= 4 is 0 Å². The lowest BCUT2D eigenvalue weighted by molar-refractivity contribution is 0.526. The van der Waals surface area contributed by atoms with Crippen LogP contribution in [0.2, 0.25) is 0 Å². The molecule has 2 N–H and O–H groups in total. The van der Waals surface area contributed by atoms with Gasteiger partial charge in [0, 0.05) is 6.04 Å². The van der Waals surface area contributed by atoms with E-state index in [1.54, 1.807) is 11.0 Å². The first-order chi connectivity index (χ1) is 4.74. The molecule has 1 rings (SSSR count). The smallest absolute Gasteiger partial charge is 0.164 e. The van der Waals surface area contributed by atoms with E-state index >= 15 is 0 Å². The molecule has 0 fully saturated rings. The average Bonchev–Trinajstić information content (AvgIpc) is 2.34. The second-order valence-corrected chi connectivity index (χ2v) is 2.44. The zero-order valence-corrected chi connectivity index (χ0v) is 6.28. The Bertz CT molecular complexity index is 203. The molecule has 4 nitrogen and oxygen atoms in total. The molecule has 0 bridgehead atoms. The van der Waals surface area contributed by atoms with E-state index in [0.717, 1.165) is 0 Å². The maximum absolute atomic E-state index is 5.32. The van der Waals surface area contributed by atoms with Gasteiger partial charge in [0.05, 0.1) is 6.54 Å². The third-order valence-electron chi connectivity index (χ3n) is 1.27. The zero-order chi connectivity index (χ0) is 7.56. The van der Waals surface area contributed by atoms with E-state index in [1.807, 2.05) is 0 Å². The fourth-order valence-corrected chi connectivity index (χ4v) is 0.653. The van der Waals surface area contributed by atoms with Gasteiger partial charge in [0.2, 0.25) is 0 Å². The minimum atomic E-state index is 0.368. The van der Waals surface area contributed by atoms with Gasteiger partial charge in [0.15, 0.2) is 5.82 Å². The van der Waals surface area contributed by atoms with E-state index in [2.05, 4.69) is 23.9 Å². The molecule has 10 heavy (non-hydrogen) atoms. The maximum atomic E-state index is 5.32. The number of rotatable bonds is 2. The van der Waals surface area contributed by atoms with Crippen LogP contribution in [0.4, 0.5) is 0 Å². The first kappa shape index (κ1) is 7.21. The predicted molar refractivity (Wildman–Crippen MR) is 38.3 cm³/mol. The molecule has 1 aromatic heterocycles. The molecule has 4 heteroatoms. The zero-order valence-electron chi connectivity index (χ0n) is 6.28. The predicted octanol–water partition coefficient (Wildman–Crippen LogP) is 0.318. The lowest BCUT2D eigenvalue weighted by Gasteiger charge is -2.01. The quantitative estimate of drug-likeness (QED) is 0.643. The number of nitrogens with zero attached hydrogens (tertiary/aromatic N) is 3. The van der Waals surface area contributed by atoms with Crippen molar-refractivity contribution < 1.29 is 0 Å². The summed E-state index contributed by atoms with van der Waals surface area (Å²) in [6.07, 6.45) is 1.70. The van der Waals surface area contributed by atoms with Gasteiger partial charge >= 0.3 is 0 Å². The molecule has 1 aromatic rings. The fraction of sp³-hybridized carbons (Fsp3) is 0.667. The Balaban J connectivity index is 2.78. The van der Waals surface area contributed by atoms with E-state index in [-0.39, 0.29) is 0 Å². The number of nitrogens with two attached hydrogens (primary N) is 1. The summed E-state index contributed by atoms with van der Waals surface area (Å²) in [5.74, 6) is 0.703. The summed E-state index contributed by atoms with van der Waals surface area (Å²) in [6, 6.07) is 0.368. The van der Waals surface area contributed by atoms with Crippen molar-refractivity contribution in [1.82, 2.24) is 14.8 Å². The van der Waals surface area contributed by atoms with Gasteiger partial charge in [-0.05, 0) is 13.8 Å². The molecule has 0 atom stereocenters. The van der Waals surface area contributed by atoms with Crippen LogP contribution in [0, 0.1) is 0 Å². The minimum Gasteiger partial charge on any atom is -0.324 e. The Kier molecular flexibility index (Phi) is 2.01. The molecule has 0 unspecified atom stereocenters. The van der Waals surface area contributed by atoms with Crippen LogP contribution >= 0.6 is 0 Å². The number of hydrogen-bond donors (Lipinski definition) is 1. The highest BCUT2D eigenvalue weighted by Gasteiger charge is 1.99.